The molecule has 3 fully saturated rings. The Morgan fingerprint density at radius 2 is 1.74 bits per heavy atom. The van der Waals surface area contributed by atoms with Gasteiger partial charge >= 0.3 is 6.09 Å². The summed E-state index contributed by atoms with van der Waals surface area (Å²) in [5, 5.41) is 11.9. The maximum Gasteiger partial charge on any atom is 0.410 e. The van der Waals surface area contributed by atoms with Crippen molar-refractivity contribution < 1.29 is 14.3 Å². The first-order valence-electron chi connectivity index (χ1n) is 14.0. The van der Waals surface area contributed by atoms with Crippen molar-refractivity contribution in [2.45, 2.75) is 62.9 Å². The van der Waals surface area contributed by atoms with Gasteiger partial charge in [0.15, 0.2) is 5.82 Å². The van der Waals surface area contributed by atoms with Gasteiger partial charge in [-0.15, -0.1) is 10.2 Å². The van der Waals surface area contributed by atoms with Crippen molar-refractivity contribution in [3.63, 3.8) is 0 Å². The Kier molecular flexibility index (Phi) is 7.04. The number of carbonyl (C=O) groups excluding carboxylic acids is 2. The number of aromatic nitrogens is 2. The standard InChI is InChI=1S/C31H35N5O3/c32-31(15-4-16-31)24-11-9-23(10-12-24)29-26(22-5-2-1-3-6-22)20-27(34-35-29)33-28(37)19-21-7-13-25(14-8-21)36-17-18-39-30(36)38/h1-3,5-6,9-12,20-21,25H,4,7-8,13-19,32H2,(H,33,34,37). The molecule has 8 nitrogen and oxygen atoms in total. The number of nitrogens with zero attached hydrogens (tertiary/aromatic N) is 3. The molecular weight excluding hydrogens is 490 g/mol. The van der Waals surface area contributed by atoms with Crippen molar-refractivity contribution in [1.29, 1.82) is 0 Å². The normalized spacial score (nSPS) is 22.2. The Labute approximate surface area is 228 Å². The average molecular weight is 526 g/mol. The van der Waals surface area contributed by atoms with Gasteiger partial charge in [0.05, 0.1) is 6.54 Å². The molecular formula is C31H35N5O3. The van der Waals surface area contributed by atoms with Gasteiger partial charge in [-0.05, 0) is 68.1 Å². The van der Waals surface area contributed by atoms with Crippen LogP contribution >= 0.6 is 0 Å². The predicted molar refractivity (Wildman–Crippen MR) is 150 cm³/mol. The van der Waals surface area contributed by atoms with Crippen LogP contribution in [0.15, 0.2) is 60.7 Å². The Balaban J connectivity index is 1.15. The Morgan fingerprint density at radius 3 is 2.38 bits per heavy atom. The second kappa shape index (κ2) is 10.8. The number of ether oxygens (including phenoxy) is 1. The summed E-state index contributed by atoms with van der Waals surface area (Å²) in [5.74, 6) is 0.682. The molecule has 3 aromatic rings. The van der Waals surface area contributed by atoms with Crippen LogP contribution in [0.1, 0.15) is 56.9 Å². The minimum Gasteiger partial charge on any atom is -0.448 e. The van der Waals surface area contributed by atoms with Gasteiger partial charge in [-0.1, -0.05) is 54.6 Å². The molecule has 0 spiro atoms. The molecule has 3 aliphatic rings. The predicted octanol–water partition coefficient (Wildman–Crippen LogP) is 5.49. The third-order valence-corrected chi connectivity index (χ3v) is 8.65. The molecule has 0 unspecified atom stereocenters. The fraction of sp³-hybridized carbons (Fsp3) is 0.419. The van der Waals surface area contributed by atoms with Crippen molar-refractivity contribution in [1.82, 2.24) is 15.1 Å². The second-order valence-corrected chi connectivity index (χ2v) is 11.2. The highest BCUT2D eigenvalue weighted by Crippen LogP contribution is 2.40. The van der Waals surface area contributed by atoms with Crippen LogP contribution in [0.25, 0.3) is 22.4 Å². The first-order chi connectivity index (χ1) is 19.0. The lowest BCUT2D eigenvalue weighted by atomic mass is 9.72. The van der Waals surface area contributed by atoms with Gasteiger partial charge in [0.1, 0.15) is 12.3 Å². The number of anilines is 1. The Bertz CT molecular complexity index is 1330. The van der Waals surface area contributed by atoms with Crippen LogP contribution in [0.3, 0.4) is 0 Å². The van der Waals surface area contributed by atoms with E-state index in [4.69, 9.17) is 10.5 Å². The molecule has 39 heavy (non-hydrogen) atoms. The molecule has 1 aliphatic heterocycles. The molecule has 2 aliphatic carbocycles. The van der Waals surface area contributed by atoms with Crippen LogP contribution in [-0.4, -0.2) is 46.3 Å². The second-order valence-electron chi connectivity index (χ2n) is 11.2. The summed E-state index contributed by atoms with van der Waals surface area (Å²) in [6.07, 6.45) is 7.09. The van der Waals surface area contributed by atoms with Crippen LogP contribution in [0, 0.1) is 5.92 Å². The number of nitrogens with one attached hydrogen (secondary N) is 1. The van der Waals surface area contributed by atoms with E-state index in [1.807, 2.05) is 41.3 Å². The first-order valence-corrected chi connectivity index (χ1v) is 14.0. The molecule has 8 heteroatoms. The van der Waals surface area contributed by atoms with E-state index in [0.717, 1.165) is 66.5 Å². The zero-order valence-electron chi connectivity index (χ0n) is 22.1. The first kappa shape index (κ1) is 25.5. The maximum absolute atomic E-state index is 13.0. The van der Waals surface area contributed by atoms with Crippen LogP contribution in [0.4, 0.5) is 10.6 Å². The van der Waals surface area contributed by atoms with Crippen LogP contribution in [0.2, 0.25) is 0 Å². The number of hydrogen-bond acceptors (Lipinski definition) is 6. The van der Waals surface area contributed by atoms with Crippen molar-refractivity contribution >= 4 is 17.8 Å². The molecule has 202 valence electrons. The molecule has 2 saturated carbocycles. The lowest BCUT2D eigenvalue weighted by molar-refractivity contribution is -0.117. The SMILES string of the molecule is NC1(c2ccc(-c3nnc(NC(=O)CC4CCC(N5CCOC5=O)CC4)cc3-c3ccccc3)cc2)CCC1. The molecule has 6 rings (SSSR count). The fourth-order valence-electron chi connectivity index (χ4n) is 6.16. The summed E-state index contributed by atoms with van der Waals surface area (Å²) < 4.78 is 5.09. The maximum atomic E-state index is 13.0. The highest BCUT2D eigenvalue weighted by Gasteiger charge is 2.35. The summed E-state index contributed by atoms with van der Waals surface area (Å²) in [6, 6.07) is 20.5. The molecule has 0 bridgehead atoms. The number of carbonyl (C=O) groups is 2. The van der Waals surface area contributed by atoms with Gasteiger partial charge in [-0.25, -0.2) is 4.79 Å². The minimum atomic E-state index is -0.208. The zero-order valence-corrected chi connectivity index (χ0v) is 22.1. The van der Waals surface area contributed by atoms with E-state index in [-0.39, 0.29) is 23.6 Å². The van der Waals surface area contributed by atoms with E-state index in [9.17, 15) is 9.59 Å². The van der Waals surface area contributed by atoms with Crippen LogP contribution in [-0.2, 0) is 15.1 Å². The molecule has 3 N–H and O–H groups in total. The number of cyclic esters (lactones) is 1. The highest BCUT2D eigenvalue weighted by atomic mass is 16.6. The average Bonchev–Trinajstić information content (AvgIpc) is 3.38. The lowest BCUT2D eigenvalue weighted by Gasteiger charge is -2.38. The summed E-state index contributed by atoms with van der Waals surface area (Å²) >= 11 is 0. The minimum absolute atomic E-state index is 0.0572. The summed E-state index contributed by atoms with van der Waals surface area (Å²) in [7, 11) is 0. The number of hydrogen-bond donors (Lipinski definition) is 2. The molecule has 1 saturated heterocycles. The van der Waals surface area contributed by atoms with Crippen LogP contribution < -0.4 is 11.1 Å². The lowest BCUT2D eigenvalue weighted by Crippen LogP contribution is -2.43. The van der Waals surface area contributed by atoms with Gasteiger partial charge in [0.25, 0.3) is 0 Å². The van der Waals surface area contributed by atoms with Gasteiger partial charge in [0, 0.05) is 29.1 Å². The fourth-order valence-corrected chi connectivity index (χ4v) is 6.16. The third-order valence-electron chi connectivity index (χ3n) is 8.65. The van der Waals surface area contributed by atoms with E-state index in [0.29, 0.717) is 31.3 Å². The zero-order chi connectivity index (χ0) is 26.8. The molecule has 2 aromatic carbocycles. The smallest absolute Gasteiger partial charge is 0.410 e. The third kappa shape index (κ3) is 5.39. The van der Waals surface area contributed by atoms with E-state index >= 15 is 0 Å². The van der Waals surface area contributed by atoms with Crippen LogP contribution in [0.5, 0.6) is 0 Å². The Hall–Kier alpha value is -3.78. The van der Waals surface area contributed by atoms with Gasteiger partial charge in [0.2, 0.25) is 5.91 Å². The van der Waals surface area contributed by atoms with Gasteiger partial charge in [-0.3, -0.25) is 4.79 Å². The number of nitrogens with two attached hydrogens (primary N) is 1. The van der Waals surface area contributed by atoms with Crippen molar-refractivity contribution in [2.24, 2.45) is 11.7 Å². The number of amides is 2. The molecule has 2 heterocycles. The number of rotatable bonds is 7. The van der Waals surface area contributed by atoms with E-state index in [1.165, 1.54) is 6.42 Å². The monoisotopic (exact) mass is 525 g/mol. The van der Waals surface area contributed by atoms with Gasteiger partial charge in [-0.2, -0.15) is 0 Å². The van der Waals surface area contributed by atoms with Crippen molar-refractivity contribution in [3.05, 3.63) is 66.2 Å². The summed E-state index contributed by atoms with van der Waals surface area (Å²) in [4.78, 5) is 26.7. The van der Waals surface area contributed by atoms with Crippen molar-refractivity contribution in [3.8, 4) is 22.4 Å². The molecule has 0 atom stereocenters. The topological polar surface area (TPSA) is 110 Å². The van der Waals surface area contributed by atoms with E-state index in [2.05, 4.69) is 39.8 Å². The molecule has 0 radical (unpaired) electrons. The molecule has 1 aromatic heterocycles. The quantitative estimate of drug-likeness (QED) is 0.422. The summed E-state index contributed by atoms with van der Waals surface area (Å²) in [5.41, 5.74) is 11.1. The van der Waals surface area contributed by atoms with Gasteiger partial charge < -0.3 is 20.7 Å². The van der Waals surface area contributed by atoms with E-state index < -0.39 is 0 Å². The largest absolute Gasteiger partial charge is 0.448 e. The molecule has 2 amide bonds. The van der Waals surface area contributed by atoms with E-state index in [1.54, 1.807) is 0 Å². The Morgan fingerprint density at radius 1 is 1.00 bits per heavy atom. The summed E-state index contributed by atoms with van der Waals surface area (Å²) in [6.45, 7) is 1.15. The highest BCUT2D eigenvalue weighted by molar-refractivity contribution is 5.91. The number of benzene rings is 2. The van der Waals surface area contributed by atoms with Crippen molar-refractivity contribution in [2.75, 3.05) is 18.5 Å².